The molecule has 0 spiro atoms. The maximum absolute atomic E-state index is 13.4. The fraction of sp³-hybridized carbons (Fsp3) is 0.267. The van der Waals surface area contributed by atoms with Crippen molar-refractivity contribution in [3.63, 3.8) is 0 Å². The zero-order valence-corrected chi connectivity index (χ0v) is 11.4. The van der Waals surface area contributed by atoms with Gasteiger partial charge in [0, 0.05) is 12.1 Å². The molecule has 1 unspecified atom stereocenters. The molecule has 1 aromatic heterocycles. The van der Waals surface area contributed by atoms with Gasteiger partial charge in [0.15, 0.2) is 12.3 Å². The van der Waals surface area contributed by atoms with Crippen LogP contribution in [-0.2, 0) is 17.9 Å². The fourth-order valence-electron chi connectivity index (χ4n) is 1.95. The molecule has 0 fully saturated rings. The maximum Gasteiger partial charge on any atom is 0.275 e. The first-order valence-corrected chi connectivity index (χ1v) is 6.49. The van der Waals surface area contributed by atoms with Gasteiger partial charge in [0.1, 0.15) is 12.4 Å². The monoisotopic (exact) mass is 277 g/mol. The molecular formula is C15H18FN2O2+. The van der Waals surface area contributed by atoms with Crippen molar-refractivity contribution in [1.29, 1.82) is 0 Å². The third kappa shape index (κ3) is 4.20. The molecule has 5 heteroatoms. The first kappa shape index (κ1) is 14.3. The number of carbonyl (C=O) groups excluding carboxylic acids is 1. The van der Waals surface area contributed by atoms with E-state index in [0.717, 1.165) is 10.7 Å². The summed E-state index contributed by atoms with van der Waals surface area (Å²) >= 11 is 0. The Kier molecular flexibility index (Phi) is 4.90. The standard InChI is InChI=1S/C15H17FN2O2/c1-18(10-13-6-4-8-20-13)11-15(19)17-9-12-5-2-3-7-14(12)16/h2-8H,9-11H2,1H3,(H,17,19)/p+1. The Morgan fingerprint density at radius 2 is 2.10 bits per heavy atom. The summed E-state index contributed by atoms with van der Waals surface area (Å²) in [5.41, 5.74) is 0.490. The molecule has 1 atom stereocenters. The van der Waals surface area contributed by atoms with E-state index >= 15 is 0 Å². The van der Waals surface area contributed by atoms with Crippen LogP contribution in [0.15, 0.2) is 47.1 Å². The summed E-state index contributed by atoms with van der Waals surface area (Å²) in [5, 5.41) is 2.72. The molecule has 0 aliphatic carbocycles. The van der Waals surface area contributed by atoms with Crippen LogP contribution in [0.2, 0.25) is 0 Å². The molecule has 2 rings (SSSR count). The van der Waals surface area contributed by atoms with Crippen LogP contribution in [0.25, 0.3) is 0 Å². The van der Waals surface area contributed by atoms with E-state index in [0.29, 0.717) is 18.7 Å². The van der Waals surface area contributed by atoms with Gasteiger partial charge in [-0.3, -0.25) is 4.79 Å². The Morgan fingerprint density at radius 1 is 1.30 bits per heavy atom. The number of carbonyl (C=O) groups is 1. The molecule has 2 aromatic rings. The first-order valence-electron chi connectivity index (χ1n) is 6.49. The van der Waals surface area contributed by atoms with E-state index in [-0.39, 0.29) is 18.3 Å². The van der Waals surface area contributed by atoms with E-state index in [1.165, 1.54) is 6.07 Å². The largest absolute Gasteiger partial charge is 0.463 e. The fourth-order valence-corrected chi connectivity index (χ4v) is 1.95. The number of halogens is 1. The maximum atomic E-state index is 13.4. The van der Waals surface area contributed by atoms with Gasteiger partial charge < -0.3 is 14.6 Å². The highest BCUT2D eigenvalue weighted by molar-refractivity contribution is 5.76. The predicted octanol–water partition coefficient (Wildman–Crippen LogP) is 0.750. The van der Waals surface area contributed by atoms with Crippen molar-refractivity contribution in [2.45, 2.75) is 13.1 Å². The summed E-state index contributed by atoms with van der Waals surface area (Å²) in [6.07, 6.45) is 1.61. The van der Waals surface area contributed by atoms with Gasteiger partial charge in [-0.25, -0.2) is 4.39 Å². The number of quaternary nitrogens is 1. The van der Waals surface area contributed by atoms with Gasteiger partial charge in [0.05, 0.1) is 13.3 Å². The molecule has 1 amide bonds. The normalized spacial score (nSPS) is 12.1. The molecule has 0 saturated carbocycles. The molecule has 4 nitrogen and oxygen atoms in total. The lowest BCUT2D eigenvalue weighted by molar-refractivity contribution is -0.886. The Morgan fingerprint density at radius 3 is 2.80 bits per heavy atom. The molecule has 1 aromatic carbocycles. The molecule has 2 N–H and O–H groups in total. The summed E-state index contributed by atoms with van der Waals surface area (Å²) in [5.74, 6) is 0.422. The summed E-state index contributed by atoms with van der Waals surface area (Å²) in [4.78, 5) is 12.8. The number of rotatable bonds is 6. The van der Waals surface area contributed by atoms with Gasteiger partial charge in [-0.1, -0.05) is 18.2 Å². The van der Waals surface area contributed by atoms with E-state index in [2.05, 4.69) is 5.32 Å². The van der Waals surface area contributed by atoms with Crippen LogP contribution in [0, 0.1) is 5.82 Å². The molecule has 0 saturated heterocycles. The summed E-state index contributed by atoms with van der Waals surface area (Å²) in [6.45, 7) is 1.16. The SMILES string of the molecule is C[NH+](CC(=O)NCc1ccccc1F)Cc1ccco1. The second kappa shape index (κ2) is 6.86. The highest BCUT2D eigenvalue weighted by Gasteiger charge is 2.12. The number of likely N-dealkylation sites (N-methyl/N-ethyl adjacent to an activating group) is 1. The minimum absolute atomic E-state index is 0.114. The highest BCUT2D eigenvalue weighted by atomic mass is 19.1. The van der Waals surface area contributed by atoms with Crippen LogP contribution in [0.5, 0.6) is 0 Å². The lowest BCUT2D eigenvalue weighted by Crippen LogP contribution is -3.08. The van der Waals surface area contributed by atoms with Crippen molar-refractivity contribution < 1.29 is 18.5 Å². The van der Waals surface area contributed by atoms with Crippen molar-refractivity contribution in [3.8, 4) is 0 Å². The second-order valence-electron chi connectivity index (χ2n) is 4.76. The van der Waals surface area contributed by atoms with Crippen molar-refractivity contribution >= 4 is 5.91 Å². The quantitative estimate of drug-likeness (QED) is 0.818. The molecule has 106 valence electrons. The number of hydrogen-bond acceptors (Lipinski definition) is 2. The third-order valence-electron chi connectivity index (χ3n) is 2.95. The van der Waals surface area contributed by atoms with Gasteiger partial charge in [-0.05, 0) is 18.2 Å². The van der Waals surface area contributed by atoms with Gasteiger partial charge in [0.2, 0.25) is 0 Å². The van der Waals surface area contributed by atoms with Gasteiger partial charge in [-0.2, -0.15) is 0 Å². The van der Waals surface area contributed by atoms with Crippen LogP contribution in [-0.4, -0.2) is 19.5 Å². The van der Waals surface area contributed by atoms with Crippen LogP contribution < -0.4 is 10.2 Å². The smallest absolute Gasteiger partial charge is 0.275 e. The lowest BCUT2D eigenvalue weighted by atomic mass is 10.2. The van der Waals surface area contributed by atoms with Gasteiger partial charge in [-0.15, -0.1) is 0 Å². The van der Waals surface area contributed by atoms with E-state index in [1.807, 2.05) is 19.2 Å². The number of furan rings is 1. The van der Waals surface area contributed by atoms with E-state index < -0.39 is 0 Å². The summed E-state index contributed by atoms with van der Waals surface area (Å²) < 4.78 is 18.6. The van der Waals surface area contributed by atoms with Crippen LogP contribution in [0.4, 0.5) is 4.39 Å². The molecule has 0 radical (unpaired) electrons. The average Bonchev–Trinajstić information content (AvgIpc) is 2.90. The van der Waals surface area contributed by atoms with Crippen molar-refractivity contribution in [3.05, 3.63) is 59.8 Å². The van der Waals surface area contributed by atoms with E-state index in [1.54, 1.807) is 24.5 Å². The molecular weight excluding hydrogens is 259 g/mol. The number of hydrogen-bond donors (Lipinski definition) is 2. The highest BCUT2D eigenvalue weighted by Crippen LogP contribution is 2.05. The van der Waals surface area contributed by atoms with Crippen LogP contribution >= 0.6 is 0 Å². The van der Waals surface area contributed by atoms with Crippen LogP contribution in [0.1, 0.15) is 11.3 Å². The van der Waals surface area contributed by atoms with E-state index in [9.17, 15) is 9.18 Å². The molecule has 0 bridgehead atoms. The summed E-state index contributed by atoms with van der Waals surface area (Å²) in [6, 6.07) is 10.1. The third-order valence-corrected chi connectivity index (χ3v) is 2.95. The lowest BCUT2D eigenvalue weighted by Gasteiger charge is -2.12. The van der Waals surface area contributed by atoms with Crippen molar-refractivity contribution in [1.82, 2.24) is 5.32 Å². The topological polar surface area (TPSA) is 46.7 Å². The Hall–Kier alpha value is -2.14. The van der Waals surface area contributed by atoms with Crippen molar-refractivity contribution in [2.75, 3.05) is 13.6 Å². The minimum Gasteiger partial charge on any atom is -0.463 e. The number of benzene rings is 1. The average molecular weight is 277 g/mol. The van der Waals surface area contributed by atoms with Crippen molar-refractivity contribution in [2.24, 2.45) is 0 Å². The zero-order valence-electron chi connectivity index (χ0n) is 11.4. The molecule has 20 heavy (non-hydrogen) atoms. The predicted molar refractivity (Wildman–Crippen MR) is 72.4 cm³/mol. The molecule has 0 aliphatic heterocycles. The van der Waals surface area contributed by atoms with Crippen LogP contribution in [0.3, 0.4) is 0 Å². The Bertz CT molecular complexity index is 555. The van der Waals surface area contributed by atoms with E-state index in [4.69, 9.17) is 4.42 Å². The Balaban J connectivity index is 1.76. The van der Waals surface area contributed by atoms with Gasteiger partial charge >= 0.3 is 0 Å². The summed E-state index contributed by atoms with van der Waals surface area (Å²) in [7, 11) is 1.91. The molecule has 0 aliphatic rings. The van der Waals surface area contributed by atoms with Gasteiger partial charge in [0.25, 0.3) is 5.91 Å². The minimum atomic E-state index is -0.302. The first-order chi connectivity index (χ1) is 9.65. The zero-order chi connectivity index (χ0) is 14.4. The number of nitrogens with one attached hydrogen (secondary N) is 2. The Labute approximate surface area is 117 Å². The molecule has 1 heterocycles. The second-order valence-corrected chi connectivity index (χ2v) is 4.76. The number of amides is 1.